The summed E-state index contributed by atoms with van der Waals surface area (Å²) in [6.45, 7) is 6.42. The second-order valence-corrected chi connectivity index (χ2v) is 7.71. The zero-order valence-electron chi connectivity index (χ0n) is 12.4. The quantitative estimate of drug-likeness (QED) is 0.780. The Kier molecular flexibility index (Phi) is 4.38. The highest BCUT2D eigenvalue weighted by molar-refractivity contribution is 8.13. The van der Waals surface area contributed by atoms with E-state index in [1.807, 2.05) is 26.8 Å². The molecule has 0 bridgehead atoms. The van der Waals surface area contributed by atoms with Crippen LogP contribution in [0.15, 0.2) is 11.2 Å². The molecule has 116 valence electrons. The lowest BCUT2D eigenvalue weighted by Crippen LogP contribution is -2.12. The van der Waals surface area contributed by atoms with E-state index in [4.69, 9.17) is 10.7 Å². The molecule has 2 aromatic rings. The fourth-order valence-electron chi connectivity index (χ4n) is 2.10. The summed E-state index contributed by atoms with van der Waals surface area (Å²) in [5.41, 5.74) is 1.62. The third-order valence-corrected chi connectivity index (χ3v) is 4.16. The highest BCUT2D eigenvalue weighted by Crippen LogP contribution is 2.24. The Morgan fingerprint density at radius 2 is 2.00 bits per heavy atom. The van der Waals surface area contributed by atoms with Crippen LogP contribution < -0.4 is 0 Å². The minimum absolute atomic E-state index is 0.218. The van der Waals surface area contributed by atoms with Gasteiger partial charge in [0.2, 0.25) is 0 Å². The fourth-order valence-corrected chi connectivity index (χ4v) is 3.00. The van der Waals surface area contributed by atoms with Gasteiger partial charge in [0.15, 0.2) is 5.82 Å². The Morgan fingerprint density at radius 1 is 1.33 bits per heavy atom. The zero-order chi connectivity index (χ0) is 15.8. The topological polar surface area (TPSA) is 82.7 Å². The molecule has 2 heterocycles. The van der Waals surface area contributed by atoms with Gasteiger partial charge in [-0.1, -0.05) is 20.8 Å². The third-order valence-electron chi connectivity index (χ3n) is 3.00. The van der Waals surface area contributed by atoms with Crippen LogP contribution in [0.5, 0.6) is 0 Å². The number of aromatic nitrogens is 5. The van der Waals surface area contributed by atoms with E-state index >= 15 is 0 Å². The molecule has 0 radical (unpaired) electrons. The molecule has 0 N–H and O–H groups in total. The maximum atomic E-state index is 11.6. The first-order chi connectivity index (χ1) is 9.74. The molecule has 0 aliphatic carbocycles. The Balaban J connectivity index is 2.63. The Bertz CT molecular complexity index is 748. The predicted molar refractivity (Wildman–Crippen MR) is 79.5 cm³/mol. The van der Waals surface area contributed by atoms with E-state index in [9.17, 15) is 8.42 Å². The number of halogens is 1. The molecular weight excluding hydrogens is 314 g/mol. The summed E-state index contributed by atoms with van der Waals surface area (Å²) in [4.78, 5) is 0. The van der Waals surface area contributed by atoms with Crippen molar-refractivity contribution in [3.63, 3.8) is 0 Å². The molecule has 0 atom stereocenters. The van der Waals surface area contributed by atoms with Crippen LogP contribution >= 0.6 is 10.7 Å². The molecule has 2 aromatic heterocycles. The summed E-state index contributed by atoms with van der Waals surface area (Å²) < 4.78 is 26.5. The van der Waals surface area contributed by atoms with Crippen molar-refractivity contribution in [3.8, 4) is 11.5 Å². The second kappa shape index (κ2) is 5.76. The first-order valence-electron chi connectivity index (χ1n) is 6.65. The molecule has 0 amide bonds. The minimum Gasteiger partial charge on any atom is -0.295 e. The number of rotatable bonds is 5. The highest BCUT2D eigenvalue weighted by Gasteiger charge is 2.25. The highest BCUT2D eigenvalue weighted by atomic mass is 35.7. The van der Waals surface area contributed by atoms with Crippen LogP contribution in [0.4, 0.5) is 0 Å². The van der Waals surface area contributed by atoms with E-state index in [1.54, 1.807) is 11.7 Å². The van der Waals surface area contributed by atoms with Crippen LogP contribution in [0.25, 0.3) is 11.5 Å². The van der Waals surface area contributed by atoms with E-state index in [0.717, 1.165) is 12.1 Å². The van der Waals surface area contributed by atoms with Crippen LogP contribution in [0.1, 0.15) is 26.5 Å². The minimum atomic E-state index is -3.95. The summed E-state index contributed by atoms with van der Waals surface area (Å²) in [5, 5.41) is 11.9. The van der Waals surface area contributed by atoms with Crippen LogP contribution in [0, 0.1) is 5.92 Å². The molecule has 0 saturated heterocycles. The summed E-state index contributed by atoms with van der Waals surface area (Å²) in [5.74, 6) is 0.674. The number of hydrogen-bond donors (Lipinski definition) is 0. The molecule has 0 aromatic carbocycles. The van der Waals surface area contributed by atoms with Crippen molar-refractivity contribution in [1.29, 1.82) is 0 Å². The van der Waals surface area contributed by atoms with Crippen LogP contribution in [0.2, 0.25) is 0 Å². The van der Waals surface area contributed by atoms with Gasteiger partial charge in [0, 0.05) is 24.3 Å². The van der Waals surface area contributed by atoms with E-state index in [1.165, 1.54) is 4.57 Å². The molecule has 0 spiro atoms. The second-order valence-electron chi connectivity index (χ2n) is 5.25. The van der Waals surface area contributed by atoms with Gasteiger partial charge in [0.05, 0.1) is 5.69 Å². The summed E-state index contributed by atoms with van der Waals surface area (Å²) in [6.07, 6.45) is 0.785. The predicted octanol–water partition coefficient (Wildman–Crippen LogP) is 1.82. The van der Waals surface area contributed by atoms with Gasteiger partial charge < -0.3 is 0 Å². The third kappa shape index (κ3) is 3.26. The van der Waals surface area contributed by atoms with E-state index in [2.05, 4.69) is 15.3 Å². The van der Waals surface area contributed by atoms with Crippen molar-refractivity contribution in [3.05, 3.63) is 11.8 Å². The zero-order valence-corrected chi connectivity index (χ0v) is 14.0. The standard InChI is InChI=1S/C12H18ClN5O2S/c1-5-9-6-10(17(4)16-9)11-14-15-12(21(13,19)20)18(11)7-8(2)3/h6,8H,5,7H2,1-4H3. The van der Waals surface area contributed by atoms with Gasteiger partial charge in [-0.2, -0.15) is 5.10 Å². The number of aryl methyl sites for hydroxylation is 2. The lowest BCUT2D eigenvalue weighted by molar-refractivity contribution is 0.487. The Morgan fingerprint density at radius 3 is 2.48 bits per heavy atom. The molecule has 0 aliphatic heterocycles. The van der Waals surface area contributed by atoms with Gasteiger partial charge in [0.25, 0.3) is 14.2 Å². The van der Waals surface area contributed by atoms with Gasteiger partial charge in [-0.25, -0.2) is 8.42 Å². The smallest absolute Gasteiger partial charge is 0.295 e. The van der Waals surface area contributed by atoms with Crippen molar-refractivity contribution in [2.24, 2.45) is 13.0 Å². The van der Waals surface area contributed by atoms with E-state index in [0.29, 0.717) is 18.1 Å². The molecule has 9 heteroatoms. The molecule has 0 aliphatic rings. The van der Waals surface area contributed by atoms with Crippen LogP contribution in [-0.2, 0) is 29.1 Å². The molecule has 2 rings (SSSR count). The molecule has 0 fully saturated rings. The summed E-state index contributed by atoms with van der Waals surface area (Å²) >= 11 is 0. The lowest BCUT2D eigenvalue weighted by Gasteiger charge is -2.11. The van der Waals surface area contributed by atoms with E-state index in [-0.39, 0.29) is 11.1 Å². The molecule has 21 heavy (non-hydrogen) atoms. The van der Waals surface area contributed by atoms with Crippen molar-refractivity contribution >= 4 is 19.7 Å². The number of hydrogen-bond acceptors (Lipinski definition) is 5. The summed E-state index contributed by atoms with van der Waals surface area (Å²) in [7, 11) is 3.29. The largest absolute Gasteiger partial charge is 0.296 e. The van der Waals surface area contributed by atoms with Crippen molar-refractivity contribution < 1.29 is 8.42 Å². The first kappa shape index (κ1) is 16.0. The maximum absolute atomic E-state index is 11.6. The molecule has 0 unspecified atom stereocenters. The average molecular weight is 332 g/mol. The van der Waals surface area contributed by atoms with Gasteiger partial charge in [-0.3, -0.25) is 9.25 Å². The van der Waals surface area contributed by atoms with Crippen molar-refractivity contribution in [2.75, 3.05) is 0 Å². The average Bonchev–Trinajstić information content (AvgIpc) is 2.91. The molecule has 7 nitrogen and oxygen atoms in total. The van der Waals surface area contributed by atoms with Gasteiger partial charge in [-0.05, 0) is 18.4 Å². The SMILES string of the molecule is CCc1cc(-c2nnc(S(=O)(=O)Cl)n2CC(C)C)n(C)n1. The van der Waals surface area contributed by atoms with Gasteiger partial charge >= 0.3 is 0 Å². The normalized spacial score (nSPS) is 12.3. The first-order valence-corrected chi connectivity index (χ1v) is 8.96. The fraction of sp³-hybridized carbons (Fsp3) is 0.583. The Labute approximate surface area is 128 Å². The Hall–Kier alpha value is -1.41. The monoisotopic (exact) mass is 331 g/mol. The van der Waals surface area contributed by atoms with Crippen LogP contribution in [-0.4, -0.2) is 33.0 Å². The van der Waals surface area contributed by atoms with Crippen LogP contribution in [0.3, 0.4) is 0 Å². The van der Waals surface area contributed by atoms with Gasteiger partial charge in [0.1, 0.15) is 5.69 Å². The maximum Gasteiger partial charge on any atom is 0.296 e. The van der Waals surface area contributed by atoms with E-state index < -0.39 is 9.05 Å². The van der Waals surface area contributed by atoms with Gasteiger partial charge in [-0.15, -0.1) is 10.2 Å². The number of nitrogens with zero attached hydrogens (tertiary/aromatic N) is 5. The summed E-state index contributed by atoms with van der Waals surface area (Å²) in [6, 6.07) is 1.88. The van der Waals surface area contributed by atoms with Crippen molar-refractivity contribution in [1.82, 2.24) is 24.5 Å². The molecular formula is C12H18ClN5O2S. The van der Waals surface area contributed by atoms with Crippen molar-refractivity contribution in [2.45, 2.75) is 38.9 Å². The lowest BCUT2D eigenvalue weighted by atomic mass is 10.2. The molecule has 0 saturated carbocycles.